The van der Waals surface area contributed by atoms with E-state index in [1.165, 1.54) is 5.69 Å². The van der Waals surface area contributed by atoms with E-state index in [4.69, 9.17) is 14.1 Å². The van der Waals surface area contributed by atoms with Crippen LogP contribution in [0.25, 0.3) is 22.5 Å². The highest BCUT2D eigenvalue weighted by molar-refractivity contribution is 6.06. The lowest BCUT2D eigenvalue weighted by atomic mass is 10.1. The summed E-state index contributed by atoms with van der Waals surface area (Å²) in [7, 11) is 1.82. The molecule has 1 saturated heterocycles. The Hall–Kier alpha value is -3.65. The predicted molar refractivity (Wildman–Crippen MR) is 131 cm³/mol. The molecule has 4 aromatic rings. The van der Waals surface area contributed by atoms with Crippen LogP contribution in [0.5, 0.6) is 0 Å². The van der Waals surface area contributed by atoms with E-state index in [2.05, 4.69) is 34.3 Å². The monoisotopic (exact) mass is 459 g/mol. The zero-order valence-corrected chi connectivity index (χ0v) is 19.8. The van der Waals surface area contributed by atoms with Crippen molar-refractivity contribution in [1.82, 2.24) is 19.7 Å². The van der Waals surface area contributed by atoms with E-state index < -0.39 is 0 Å². The van der Waals surface area contributed by atoms with Crippen LogP contribution in [0.4, 0.5) is 5.69 Å². The van der Waals surface area contributed by atoms with E-state index in [-0.39, 0.29) is 11.9 Å². The molecule has 0 N–H and O–H groups in total. The number of benzene rings is 1. The number of anilines is 1. The third kappa shape index (κ3) is 4.28. The van der Waals surface area contributed by atoms with Crippen LogP contribution < -0.4 is 4.90 Å². The smallest absolute Gasteiger partial charge is 0.254 e. The number of nitrogens with zero attached hydrogens (tertiary/aromatic N) is 5. The number of rotatable bonds is 6. The molecule has 0 atom stereocenters. The molecule has 1 aromatic carbocycles. The molecular formula is C26H29N5O3. The summed E-state index contributed by atoms with van der Waals surface area (Å²) in [6.45, 7) is 7.90. The quantitative estimate of drug-likeness (QED) is 0.426. The predicted octanol–water partition coefficient (Wildman–Crippen LogP) is 4.38. The number of hydrogen-bond donors (Lipinski definition) is 0. The maximum absolute atomic E-state index is 13.6. The molecule has 1 aliphatic rings. The molecule has 1 fully saturated rings. The van der Waals surface area contributed by atoms with Crippen molar-refractivity contribution in [1.29, 1.82) is 0 Å². The van der Waals surface area contributed by atoms with Gasteiger partial charge in [-0.1, -0.05) is 12.1 Å². The van der Waals surface area contributed by atoms with Crippen LogP contribution in [-0.2, 0) is 11.3 Å². The van der Waals surface area contributed by atoms with Gasteiger partial charge in [0.1, 0.15) is 5.69 Å². The molecule has 1 amide bonds. The van der Waals surface area contributed by atoms with Crippen molar-refractivity contribution in [2.75, 3.05) is 38.3 Å². The highest BCUT2D eigenvalue weighted by atomic mass is 16.5. The van der Waals surface area contributed by atoms with Crippen LogP contribution in [0.1, 0.15) is 35.8 Å². The van der Waals surface area contributed by atoms with Crippen LogP contribution in [0.2, 0.25) is 0 Å². The molecule has 34 heavy (non-hydrogen) atoms. The molecule has 0 spiro atoms. The van der Waals surface area contributed by atoms with Gasteiger partial charge in [-0.05, 0) is 49.7 Å². The number of pyridine rings is 1. The lowest BCUT2D eigenvalue weighted by Crippen LogP contribution is -2.36. The zero-order chi connectivity index (χ0) is 23.7. The molecule has 4 heterocycles. The average molecular weight is 460 g/mol. The molecule has 0 aliphatic carbocycles. The fourth-order valence-electron chi connectivity index (χ4n) is 4.31. The first-order chi connectivity index (χ1) is 16.5. The summed E-state index contributed by atoms with van der Waals surface area (Å²) in [5.74, 6) is 0.537. The van der Waals surface area contributed by atoms with E-state index in [9.17, 15) is 4.79 Å². The Bertz CT molecular complexity index is 1270. The zero-order valence-electron chi connectivity index (χ0n) is 19.8. The Morgan fingerprint density at radius 1 is 1.15 bits per heavy atom. The van der Waals surface area contributed by atoms with E-state index in [0.29, 0.717) is 29.2 Å². The molecule has 5 rings (SSSR count). The summed E-state index contributed by atoms with van der Waals surface area (Å²) >= 11 is 0. The van der Waals surface area contributed by atoms with Crippen LogP contribution in [0.15, 0.2) is 59.3 Å². The first-order valence-corrected chi connectivity index (χ1v) is 11.6. The lowest BCUT2D eigenvalue weighted by Gasteiger charge is -2.29. The molecule has 0 bridgehead atoms. The minimum atomic E-state index is -0.0826. The second-order valence-corrected chi connectivity index (χ2v) is 8.88. The second kappa shape index (κ2) is 9.30. The molecule has 1 aliphatic heterocycles. The molecular weight excluding hydrogens is 430 g/mol. The van der Waals surface area contributed by atoms with Gasteiger partial charge in [0.25, 0.3) is 5.91 Å². The van der Waals surface area contributed by atoms with Crippen molar-refractivity contribution in [2.45, 2.75) is 26.4 Å². The molecule has 0 radical (unpaired) electrons. The number of ether oxygens (including phenoxy) is 1. The van der Waals surface area contributed by atoms with Gasteiger partial charge in [-0.15, -0.1) is 0 Å². The Morgan fingerprint density at radius 3 is 2.59 bits per heavy atom. The number of amides is 1. The number of carbonyl (C=O) groups excluding carboxylic acids is 1. The van der Waals surface area contributed by atoms with Crippen LogP contribution >= 0.6 is 0 Å². The van der Waals surface area contributed by atoms with Gasteiger partial charge in [-0.25, -0.2) is 9.67 Å². The SMILES string of the molecule is CC(C)n1ncc2c(C(=O)N(C)Cc3ccc(N4CCOCC4)cc3)cc(-c3ccco3)nc21. The summed E-state index contributed by atoms with van der Waals surface area (Å²) < 4.78 is 12.8. The minimum Gasteiger partial charge on any atom is -0.463 e. The molecule has 0 unspecified atom stereocenters. The summed E-state index contributed by atoms with van der Waals surface area (Å²) in [5, 5.41) is 5.24. The lowest BCUT2D eigenvalue weighted by molar-refractivity contribution is 0.0787. The maximum atomic E-state index is 13.6. The molecule has 176 valence electrons. The van der Waals surface area contributed by atoms with Crippen molar-refractivity contribution in [2.24, 2.45) is 0 Å². The molecule has 8 nitrogen and oxygen atoms in total. The number of fused-ring (bicyclic) bond motifs is 1. The maximum Gasteiger partial charge on any atom is 0.254 e. The second-order valence-electron chi connectivity index (χ2n) is 8.88. The summed E-state index contributed by atoms with van der Waals surface area (Å²) in [6, 6.07) is 14.0. The number of furan rings is 1. The third-order valence-electron chi connectivity index (χ3n) is 6.14. The van der Waals surface area contributed by atoms with Gasteiger partial charge in [-0.2, -0.15) is 5.10 Å². The number of aromatic nitrogens is 3. The molecule has 3 aromatic heterocycles. The van der Waals surface area contributed by atoms with Gasteiger partial charge in [0.15, 0.2) is 11.4 Å². The molecule has 8 heteroatoms. The van der Waals surface area contributed by atoms with Crippen molar-refractivity contribution >= 4 is 22.6 Å². The number of carbonyl (C=O) groups is 1. The Labute approximate surface area is 198 Å². The van der Waals surface area contributed by atoms with Crippen molar-refractivity contribution in [3.63, 3.8) is 0 Å². The fraction of sp³-hybridized carbons (Fsp3) is 0.346. The number of morpholine rings is 1. The third-order valence-corrected chi connectivity index (χ3v) is 6.14. The first kappa shape index (κ1) is 22.2. The van der Waals surface area contributed by atoms with Gasteiger partial charge in [0.05, 0.1) is 36.6 Å². The summed E-state index contributed by atoms with van der Waals surface area (Å²) in [4.78, 5) is 22.4. The average Bonchev–Trinajstić information content (AvgIpc) is 3.54. The van der Waals surface area contributed by atoms with Crippen molar-refractivity contribution in [3.8, 4) is 11.5 Å². The Kier molecular flexibility index (Phi) is 6.06. The van der Waals surface area contributed by atoms with Crippen LogP contribution in [0.3, 0.4) is 0 Å². The number of hydrogen-bond acceptors (Lipinski definition) is 6. The van der Waals surface area contributed by atoms with Crippen molar-refractivity contribution < 1.29 is 13.9 Å². The van der Waals surface area contributed by atoms with E-state index in [0.717, 1.165) is 37.3 Å². The highest BCUT2D eigenvalue weighted by Gasteiger charge is 2.22. The Morgan fingerprint density at radius 2 is 1.91 bits per heavy atom. The minimum absolute atomic E-state index is 0.0826. The van der Waals surface area contributed by atoms with Crippen molar-refractivity contribution in [3.05, 3.63) is 66.1 Å². The van der Waals surface area contributed by atoms with E-state index in [1.54, 1.807) is 23.4 Å². The van der Waals surface area contributed by atoms with Crippen LogP contribution in [0, 0.1) is 0 Å². The van der Waals surface area contributed by atoms with Crippen LogP contribution in [-0.4, -0.2) is 58.9 Å². The summed E-state index contributed by atoms with van der Waals surface area (Å²) in [6.07, 6.45) is 3.33. The van der Waals surface area contributed by atoms with E-state index in [1.807, 2.05) is 37.7 Å². The highest BCUT2D eigenvalue weighted by Crippen LogP contribution is 2.28. The largest absolute Gasteiger partial charge is 0.463 e. The van der Waals surface area contributed by atoms with Gasteiger partial charge < -0.3 is 19.0 Å². The van der Waals surface area contributed by atoms with E-state index >= 15 is 0 Å². The standard InChI is InChI=1S/C26H29N5O3/c1-18(2)31-25-22(16-27-31)21(15-23(28-25)24-5-4-12-34-24)26(32)29(3)17-19-6-8-20(9-7-19)30-10-13-33-14-11-30/h4-9,12,15-16,18H,10-11,13-14,17H2,1-3H3. The summed E-state index contributed by atoms with van der Waals surface area (Å²) in [5.41, 5.74) is 4.11. The van der Waals surface area contributed by atoms with Gasteiger partial charge >= 0.3 is 0 Å². The topological polar surface area (TPSA) is 76.6 Å². The first-order valence-electron chi connectivity index (χ1n) is 11.6. The fourth-order valence-corrected chi connectivity index (χ4v) is 4.31. The normalized spacial score (nSPS) is 14.2. The Balaban J connectivity index is 1.42. The van der Waals surface area contributed by atoms with Gasteiger partial charge in [0.2, 0.25) is 0 Å². The molecule has 0 saturated carbocycles. The van der Waals surface area contributed by atoms with Gasteiger partial charge in [0, 0.05) is 38.4 Å². The van der Waals surface area contributed by atoms with Gasteiger partial charge in [-0.3, -0.25) is 4.79 Å².